The Balaban J connectivity index is 2.95. The summed E-state index contributed by atoms with van der Waals surface area (Å²) in [6, 6.07) is 0. The Labute approximate surface area is 72.0 Å². The van der Waals surface area contributed by atoms with Gasteiger partial charge in [-0.2, -0.15) is 0 Å². The maximum atomic E-state index is 10.9. The fraction of sp³-hybridized carbons (Fsp3) is 0.667. The second-order valence-corrected chi connectivity index (χ2v) is 4.18. The third-order valence-corrected chi connectivity index (χ3v) is 1.97. The van der Waals surface area contributed by atoms with E-state index >= 15 is 0 Å². The Hall–Kier alpha value is -0.990. The molecule has 0 bridgehead atoms. The maximum absolute atomic E-state index is 10.9. The summed E-state index contributed by atoms with van der Waals surface area (Å²) < 4.78 is 4.99. The van der Waals surface area contributed by atoms with E-state index in [1.165, 1.54) is 0 Å². The molecule has 0 saturated carbocycles. The Morgan fingerprint density at radius 2 is 1.92 bits per heavy atom. The van der Waals surface area contributed by atoms with Crippen LogP contribution in [-0.4, -0.2) is 17.2 Å². The van der Waals surface area contributed by atoms with Gasteiger partial charge in [0.15, 0.2) is 0 Å². The first kappa shape index (κ1) is 9.10. The van der Waals surface area contributed by atoms with Crippen LogP contribution in [0.25, 0.3) is 0 Å². The van der Waals surface area contributed by atoms with Crippen molar-refractivity contribution in [2.24, 2.45) is 5.41 Å². The molecular formula is C9H14O3. The van der Waals surface area contributed by atoms with Crippen molar-refractivity contribution in [1.29, 1.82) is 0 Å². The summed E-state index contributed by atoms with van der Waals surface area (Å²) in [6.45, 7) is 7.61. The number of esters is 1. The van der Waals surface area contributed by atoms with E-state index in [0.717, 1.165) is 0 Å². The molecule has 3 heteroatoms. The number of hydrogen-bond acceptors (Lipinski definition) is 3. The average molecular weight is 170 g/mol. The second kappa shape index (κ2) is 2.51. The lowest BCUT2D eigenvalue weighted by Gasteiger charge is -2.26. The molecule has 1 N–H and O–H groups in total. The highest BCUT2D eigenvalue weighted by Crippen LogP contribution is 2.33. The van der Waals surface area contributed by atoms with Crippen LogP contribution in [0.1, 0.15) is 27.7 Å². The van der Waals surface area contributed by atoms with E-state index in [4.69, 9.17) is 4.74 Å². The minimum atomic E-state index is -0.604. The summed E-state index contributed by atoms with van der Waals surface area (Å²) >= 11 is 0. The van der Waals surface area contributed by atoms with E-state index in [9.17, 15) is 9.90 Å². The van der Waals surface area contributed by atoms with Gasteiger partial charge in [0.25, 0.3) is 0 Å². The first-order valence-electron chi connectivity index (χ1n) is 3.94. The zero-order valence-electron chi connectivity index (χ0n) is 7.84. The highest BCUT2D eigenvalue weighted by molar-refractivity contribution is 5.89. The molecule has 1 rings (SSSR count). The molecule has 3 nitrogen and oxygen atoms in total. The predicted octanol–water partition coefficient (Wildman–Crippen LogP) is 1.79. The number of hydrogen-bond donors (Lipinski definition) is 1. The normalized spacial score (nSPS) is 24.7. The first-order chi connectivity index (χ1) is 5.34. The molecule has 0 saturated heterocycles. The first-order valence-corrected chi connectivity index (χ1v) is 3.94. The van der Waals surface area contributed by atoms with Crippen LogP contribution in [0.4, 0.5) is 0 Å². The van der Waals surface area contributed by atoms with Crippen molar-refractivity contribution in [2.45, 2.75) is 33.8 Å². The molecule has 12 heavy (non-hydrogen) atoms. The number of aliphatic hydroxyl groups excluding tert-OH is 1. The third-order valence-electron chi connectivity index (χ3n) is 1.97. The lowest BCUT2D eigenvalue weighted by molar-refractivity contribution is -0.145. The summed E-state index contributed by atoms with van der Waals surface area (Å²) in [5.41, 5.74) is 0.483. The standard InChI is InChI=1S/C9H14O3/c1-5-6(10)8(11)12-7(5)9(2,3)4/h7,10H,1-4H3/t7-/m1/s1. The summed E-state index contributed by atoms with van der Waals surface area (Å²) in [5, 5.41) is 9.21. The van der Waals surface area contributed by atoms with Crippen molar-refractivity contribution in [1.82, 2.24) is 0 Å². The SMILES string of the molecule is CC1=C(O)C(=O)O[C@H]1C(C)(C)C. The lowest BCUT2D eigenvalue weighted by atomic mass is 9.85. The van der Waals surface area contributed by atoms with Gasteiger partial charge in [0.2, 0.25) is 5.76 Å². The van der Waals surface area contributed by atoms with Gasteiger partial charge in [-0.05, 0) is 6.92 Å². The van der Waals surface area contributed by atoms with Crippen LogP contribution < -0.4 is 0 Å². The highest BCUT2D eigenvalue weighted by atomic mass is 16.6. The molecule has 0 unspecified atom stereocenters. The number of cyclic esters (lactones) is 1. The van der Waals surface area contributed by atoms with Crippen molar-refractivity contribution >= 4 is 5.97 Å². The van der Waals surface area contributed by atoms with Crippen LogP contribution >= 0.6 is 0 Å². The molecule has 1 atom stereocenters. The van der Waals surface area contributed by atoms with E-state index in [2.05, 4.69) is 0 Å². The van der Waals surface area contributed by atoms with E-state index in [-0.39, 0.29) is 17.3 Å². The molecule has 68 valence electrons. The van der Waals surface area contributed by atoms with Crippen LogP contribution in [0.5, 0.6) is 0 Å². The van der Waals surface area contributed by atoms with E-state index in [1.807, 2.05) is 20.8 Å². The Bertz CT molecular complexity index is 245. The third kappa shape index (κ3) is 1.31. The van der Waals surface area contributed by atoms with E-state index in [1.54, 1.807) is 6.92 Å². The molecule has 0 radical (unpaired) electrons. The Morgan fingerprint density at radius 1 is 1.42 bits per heavy atom. The van der Waals surface area contributed by atoms with Crippen molar-refractivity contribution in [2.75, 3.05) is 0 Å². The van der Waals surface area contributed by atoms with Gasteiger partial charge in [-0.1, -0.05) is 20.8 Å². The Morgan fingerprint density at radius 3 is 2.08 bits per heavy atom. The largest absolute Gasteiger partial charge is 0.502 e. The van der Waals surface area contributed by atoms with Gasteiger partial charge in [-0.3, -0.25) is 0 Å². The van der Waals surface area contributed by atoms with Gasteiger partial charge < -0.3 is 9.84 Å². The van der Waals surface area contributed by atoms with Gasteiger partial charge >= 0.3 is 5.97 Å². The molecule has 0 aromatic carbocycles. The maximum Gasteiger partial charge on any atom is 0.374 e. The van der Waals surface area contributed by atoms with Gasteiger partial charge in [-0.25, -0.2) is 4.79 Å². The molecule has 1 aliphatic rings. The van der Waals surface area contributed by atoms with E-state index in [0.29, 0.717) is 5.57 Å². The molecular weight excluding hydrogens is 156 g/mol. The minimum Gasteiger partial charge on any atom is -0.502 e. The van der Waals surface area contributed by atoms with Gasteiger partial charge in [0, 0.05) is 11.0 Å². The average Bonchev–Trinajstić information content (AvgIpc) is 2.15. The van der Waals surface area contributed by atoms with E-state index < -0.39 is 5.97 Å². The number of rotatable bonds is 0. The number of ether oxygens (including phenoxy) is 1. The van der Waals surface area contributed by atoms with Crippen LogP contribution in [0.2, 0.25) is 0 Å². The number of carbonyl (C=O) groups is 1. The summed E-state index contributed by atoms with van der Waals surface area (Å²) in [6.07, 6.45) is -0.287. The molecule has 0 aromatic heterocycles. The monoisotopic (exact) mass is 170 g/mol. The second-order valence-electron chi connectivity index (χ2n) is 4.18. The summed E-state index contributed by atoms with van der Waals surface area (Å²) in [5.74, 6) is -0.831. The molecule has 0 fully saturated rings. The van der Waals surface area contributed by atoms with Gasteiger partial charge in [0.1, 0.15) is 6.10 Å². The minimum absolute atomic E-state index is 0.149. The lowest BCUT2D eigenvalue weighted by Crippen LogP contribution is -2.27. The number of carbonyl (C=O) groups excluding carboxylic acids is 1. The molecule has 0 amide bonds. The molecule has 0 spiro atoms. The van der Waals surface area contributed by atoms with Crippen LogP contribution in [0.15, 0.2) is 11.3 Å². The summed E-state index contributed by atoms with van der Waals surface area (Å²) in [4.78, 5) is 10.9. The van der Waals surface area contributed by atoms with Crippen molar-refractivity contribution in [3.63, 3.8) is 0 Å². The van der Waals surface area contributed by atoms with Gasteiger partial charge in [-0.15, -0.1) is 0 Å². The zero-order valence-corrected chi connectivity index (χ0v) is 7.84. The zero-order chi connectivity index (χ0) is 9.52. The van der Waals surface area contributed by atoms with Crippen LogP contribution in [0, 0.1) is 5.41 Å². The van der Waals surface area contributed by atoms with Gasteiger partial charge in [0.05, 0.1) is 0 Å². The smallest absolute Gasteiger partial charge is 0.374 e. The van der Waals surface area contributed by atoms with Crippen LogP contribution in [0.3, 0.4) is 0 Å². The van der Waals surface area contributed by atoms with Crippen LogP contribution in [-0.2, 0) is 9.53 Å². The topological polar surface area (TPSA) is 46.5 Å². The predicted molar refractivity (Wildman–Crippen MR) is 44.7 cm³/mol. The molecule has 0 aromatic rings. The molecule has 1 heterocycles. The van der Waals surface area contributed by atoms with Crippen molar-refractivity contribution in [3.8, 4) is 0 Å². The fourth-order valence-electron chi connectivity index (χ4n) is 1.36. The van der Waals surface area contributed by atoms with Crippen molar-refractivity contribution in [3.05, 3.63) is 11.3 Å². The highest BCUT2D eigenvalue weighted by Gasteiger charge is 2.38. The summed E-state index contributed by atoms with van der Waals surface area (Å²) in [7, 11) is 0. The fourth-order valence-corrected chi connectivity index (χ4v) is 1.36. The molecule has 0 aliphatic carbocycles. The Kier molecular flexibility index (Phi) is 1.90. The van der Waals surface area contributed by atoms with Crippen molar-refractivity contribution < 1.29 is 14.6 Å². The quantitative estimate of drug-likeness (QED) is 0.564. The number of aliphatic hydroxyl groups is 1. The molecule has 1 aliphatic heterocycles.